The Labute approximate surface area is 250 Å². The van der Waals surface area contributed by atoms with Crippen molar-refractivity contribution in [2.75, 3.05) is 38.2 Å². The quantitative estimate of drug-likeness (QED) is 0.255. The van der Waals surface area contributed by atoms with Gasteiger partial charge in [-0.1, -0.05) is 17.7 Å². The van der Waals surface area contributed by atoms with E-state index in [1.165, 1.54) is 13.2 Å². The van der Waals surface area contributed by atoms with Gasteiger partial charge in [-0.15, -0.1) is 0 Å². The monoisotopic (exact) mass is 591 g/mol. The summed E-state index contributed by atoms with van der Waals surface area (Å²) in [6.45, 7) is 12.3. The maximum atomic E-state index is 14.3. The number of hydrogen-bond acceptors (Lipinski definition) is 6. The van der Waals surface area contributed by atoms with E-state index < -0.39 is 11.8 Å². The van der Waals surface area contributed by atoms with Gasteiger partial charge in [-0.3, -0.25) is 4.79 Å². The molecule has 3 aromatic heterocycles. The van der Waals surface area contributed by atoms with Gasteiger partial charge in [0.1, 0.15) is 23.0 Å². The molecule has 0 saturated carbocycles. The summed E-state index contributed by atoms with van der Waals surface area (Å²) in [4.78, 5) is 39.4. The highest BCUT2D eigenvalue weighted by molar-refractivity contribution is 6.30. The average molecular weight is 592 g/mol. The molecule has 42 heavy (non-hydrogen) atoms. The van der Waals surface area contributed by atoms with Gasteiger partial charge in [0.05, 0.1) is 23.4 Å². The smallest absolute Gasteiger partial charge is 0.339 e. The minimum absolute atomic E-state index is 0.0691. The molecule has 0 unspecified atom stereocenters. The number of benzene rings is 1. The van der Waals surface area contributed by atoms with Crippen LogP contribution in [0.25, 0.3) is 22.2 Å². The Morgan fingerprint density at radius 1 is 1.00 bits per heavy atom. The predicted octanol–water partition coefficient (Wildman–Crippen LogP) is 6.40. The Balaban J connectivity index is 1.42. The number of pyridine rings is 2. The third-order valence-electron chi connectivity index (χ3n) is 7.70. The van der Waals surface area contributed by atoms with Crippen LogP contribution in [0.15, 0.2) is 42.6 Å². The van der Waals surface area contributed by atoms with Crippen LogP contribution in [0.1, 0.15) is 59.3 Å². The van der Waals surface area contributed by atoms with Gasteiger partial charge in [0, 0.05) is 48.9 Å². The van der Waals surface area contributed by atoms with Crippen LogP contribution in [-0.2, 0) is 10.3 Å². The summed E-state index contributed by atoms with van der Waals surface area (Å²) < 4.78 is 21.3. The molecule has 10 heteroatoms. The maximum Gasteiger partial charge on any atom is 0.339 e. The van der Waals surface area contributed by atoms with Crippen LogP contribution in [-0.4, -0.2) is 64.6 Å². The number of aromatic nitrogens is 3. The van der Waals surface area contributed by atoms with E-state index in [-0.39, 0.29) is 16.5 Å². The van der Waals surface area contributed by atoms with E-state index in [1.807, 2.05) is 34.7 Å². The van der Waals surface area contributed by atoms with Gasteiger partial charge < -0.3 is 19.1 Å². The molecule has 0 atom stereocenters. The molecule has 4 aromatic rings. The predicted molar refractivity (Wildman–Crippen MR) is 163 cm³/mol. The number of nitrogens with zero attached hydrogens (tertiary/aromatic N) is 5. The molecule has 8 nitrogen and oxygen atoms in total. The summed E-state index contributed by atoms with van der Waals surface area (Å²) >= 11 is 5.93. The standard InChI is InChI=1S/C32H35ClFN5O3/c1-19-16-27(35-20(2)28(19)31(41)42-6)37-12-7-13-38(15-14-37)30(40)26-11-9-22-23(21-8-10-24(33)25(34)17-21)18-39(29(22)36-26)32(3,4)5/h8-11,16-18H,7,12-15H2,1-6H3. The molecule has 5 rings (SSSR count). The van der Waals surface area contributed by atoms with Gasteiger partial charge in [0.2, 0.25) is 0 Å². The number of anilines is 1. The lowest BCUT2D eigenvalue weighted by Crippen LogP contribution is -2.36. The summed E-state index contributed by atoms with van der Waals surface area (Å²) in [6.07, 6.45) is 2.72. The van der Waals surface area contributed by atoms with Gasteiger partial charge in [-0.05, 0) is 82.5 Å². The zero-order valence-electron chi connectivity index (χ0n) is 24.8. The van der Waals surface area contributed by atoms with E-state index in [9.17, 15) is 14.0 Å². The van der Waals surface area contributed by atoms with Crippen LogP contribution >= 0.6 is 11.6 Å². The number of carbonyl (C=O) groups excluding carboxylic acids is 2. The van der Waals surface area contributed by atoms with Crippen molar-refractivity contribution in [2.24, 2.45) is 0 Å². The molecule has 1 aromatic carbocycles. The lowest BCUT2D eigenvalue weighted by molar-refractivity contribution is 0.0598. The van der Waals surface area contributed by atoms with E-state index in [2.05, 4.69) is 30.7 Å². The number of fused-ring (bicyclic) bond motifs is 1. The minimum atomic E-state index is -0.485. The van der Waals surface area contributed by atoms with E-state index in [0.29, 0.717) is 47.8 Å². The van der Waals surface area contributed by atoms with Crippen LogP contribution in [0.3, 0.4) is 0 Å². The third kappa shape index (κ3) is 5.57. The lowest BCUT2D eigenvalue weighted by Gasteiger charge is -2.24. The van der Waals surface area contributed by atoms with Crippen molar-refractivity contribution in [1.82, 2.24) is 19.4 Å². The van der Waals surface area contributed by atoms with Crippen molar-refractivity contribution in [2.45, 2.75) is 46.6 Å². The number of amides is 1. The van der Waals surface area contributed by atoms with Gasteiger partial charge in [0.25, 0.3) is 5.91 Å². The number of rotatable bonds is 4. The Hall–Kier alpha value is -3.98. The van der Waals surface area contributed by atoms with Crippen LogP contribution in [0, 0.1) is 19.7 Å². The average Bonchev–Trinajstić information content (AvgIpc) is 3.16. The van der Waals surface area contributed by atoms with Crippen molar-refractivity contribution >= 4 is 40.3 Å². The second-order valence-corrected chi connectivity index (χ2v) is 12.1. The van der Waals surface area contributed by atoms with Crippen molar-refractivity contribution in [3.63, 3.8) is 0 Å². The van der Waals surface area contributed by atoms with E-state index in [1.54, 1.807) is 25.1 Å². The second-order valence-electron chi connectivity index (χ2n) is 11.7. The molecule has 0 aliphatic carbocycles. The van der Waals surface area contributed by atoms with Crippen molar-refractivity contribution < 1.29 is 18.7 Å². The first-order chi connectivity index (χ1) is 19.9. The molecule has 0 bridgehead atoms. The molecule has 1 amide bonds. The molecule has 0 N–H and O–H groups in total. The SMILES string of the molecule is COC(=O)c1c(C)cc(N2CCCN(C(=O)c3ccc4c(-c5ccc(Cl)c(F)c5)cn(C(C)(C)C)c4n3)CC2)nc1C. The molecule has 1 aliphatic rings. The number of esters is 1. The van der Waals surface area contributed by atoms with Gasteiger partial charge in [-0.25, -0.2) is 19.2 Å². The number of ether oxygens (including phenoxy) is 1. The fourth-order valence-electron chi connectivity index (χ4n) is 5.52. The van der Waals surface area contributed by atoms with Crippen molar-refractivity contribution in [3.05, 3.63) is 75.9 Å². The van der Waals surface area contributed by atoms with E-state index in [4.69, 9.17) is 21.3 Å². The highest BCUT2D eigenvalue weighted by atomic mass is 35.5. The normalized spacial score (nSPS) is 14.3. The van der Waals surface area contributed by atoms with Crippen molar-refractivity contribution in [1.29, 1.82) is 0 Å². The Morgan fingerprint density at radius 3 is 2.43 bits per heavy atom. The molecular weight excluding hydrogens is 557 g/mol. The highest BCUT2D eigenvalue weighted by Crippen LogP contribution is 2.35. The fourth-order valence-corrected chi connectivity index (χ4v) is 5.64. The molecule has 0 spiro atoms. The molecule has 4 heterocycles. The zero-order valence-corrected chi connectivity index (χ0v) is 25.5. The number of methoxy groups -OCH3 is 1. The minimum Gasteiger partial charge on any atom is -0.465 e. The van der Waals surface area contributed by atoms with Crippen LogP contribution in [0.5, 0.6) is 0 Å². The van der Waals surface area contributed by atoms with Crippen LogP contribution in [0.2, 0.25) is 5.02 Å². The Bertz CT molecular complexity index is 1670. The molecular formula is C32H35ClFN5O3. The van der Waals surface area contributed by atoms with E-state index >= 15 is 0 Å². The van der Waals surface area contributed by atoms with Crippen LogP contribution in [0.4, 0.5) is 10.2 Å². The number of aryl methyl sites for hydroxylation is 2. The van der Waals surface area contributed by atoms with Gasteiger partial charge >= 0.3 is 5.97 Å². The molecule has 0 radical (unpaired) electrons. The second kappa shape index (κ2) is 11.4. The number of halogens is 2. The third-order valence-corrected chi connectivity index (χ3v) is 8.01. The molecule has 220 valence electrons. The topological polar surface area (TPSA) is 80.6 Å². The molecule has 1 fully saturated rings. The zero-order chi connectivity index (χ0) is 30.3. The van der Waals surface area contributed by atoms with Crippen LogP contribution < -0.4 is 4.90 Å². The van der Waals surface area contributed by atoms with Gasteiger partial charge in [-0.2, -0.15) is 0 Å². The Kier molecular flexibility index (Phi) is 7.98. The first-order valence-electron chi connectivity index (χ1n) is 14.0. The largest absolute Gasteiger partial charge is 0.465 e. The fraction of sp³-hybridized carbons (Fsp3) is 0.375. The summed E-state index contributed by atoms with van der Waals surface area (Å²) in [5.74, 6) is -0.242. The number of carbonyl (C=O) groups is 2. The number of hydrogen-bond donors (Lipinski definition) is 0. The van der Waals surface area contributed by atoms with E-state index in [0.717, 1.165) is 35.3 Å². The van der Waals surface area contributed by atoms with Crippen molar-refractivity contribution in [3.8, 4) is 11.1 Å². The van der Waals surface area contributed by atoms with Gasteiger partial charge in [0.15, 0.2) is 0 Å². The first kappa shape index (κ1) is 29.5. The lowest BCUT2D eigenvalue weighted by atomic mass is 10.1. The summed E-state index contributed by atoms with van der Waals surface area (Å²) in [5, 5.41) is 0.900. The molecule has 1 saturated heterocycles. The highest BCUT2D eigenvalue weighted by Gasteiger charge is 2.26. The summed E-state index contributed by atoms with van der Waals surface area (Å²) in [7, 11) is 1.36. The Morgan fingerprint density at radius 2 is 1.76 bits per heavy atom. The summed E-state index contributed by atoms with van der Waals surface area (Å²) in [6, 6.07) is 10.3. The first-order valence-corrected chi connectivity index (χ1v) is 14.4. The summed E-state index contributed by atoms with van der Waals surface area (Å²) in [5.41, 5.74) is 4.12. The molecule has 1 aliphatic heterocycles. The maximum absolute atomic E-state index is 14.3.